The van der Waals surface area contributed by atoms with Crippen LogP contribution in [0.25, 0.3) is 0 Å². The largest absolute Gasteiger partial charge is 0.355 e. The third-order valence-electron chi connectivity index (χ3n) is 3.05. The van der Waals surface area contributed by atoms with Crippen LogP contribution in [-0.4, -0.2) is 18.5 Å². The Hall–Kier alpha value is -0.570. The molecule has 0 saturated heterocycles. The van der Waals surface area contributed by atoms with Gasteiger partial charge >= 0.3 is 0 Å². The minimum absolute atomic E-state index is 0.0222. The molecule has 0 spiro atoms. The summed E-state index contributed by atoms with van der Waals surface area (Å²) in [5.41, 5.74) is 5.70. The third-order valence-corrected chi connectivity index (χ3v) is 3.05. The highest BCUT2D eigenvalue weighted by Gasteiger charge is 2.26. The van der Waals surface area contributed by atoms with Gasteiger partial charge in [0.15, 0.2) is 0 Å². The quantitative estimate of drug-likeness (QED) is 0.643. The predicted molar refractivity (Wildman–Crippen MR) is 73.8 cm³/mol. The molecule has 0 aromatic carbocycles. The van der Waals surface area contributed by atoms with Crippen molar-refractivity contribution >= 4 is 5.91 Å². The molecule has 3 nitrogen and oxygen atoms in total. The molecule has 102 valence electrons. The summed E-state index contributed by atoms with van der Waals surface area (Å²) in [5.74, 6) is -0.0222. The van der Waals surface area contributed by atoms with Gasteiger partial charge in [0.25, 0.3) is 0 Å². The lowest BCUT2D eigenvalue weighted by atomic mass is 9.87. The zero-order valence-electron chi connectivity index (χ0n) is 12.0. The van der Waals surface area contributed by atoms with Crippen LogP contribution in [-0.2, 0) is 4.79 Å². The van der Waals surface area contributed by atoms with E-state index in [0.29, 0.717) is 0 Å². The standard InChI is InChI=1S/C14H30N2O/c1-5-6-7-8-9-10-11-16-13(17)12(15)14(2,3)4/h12H,5-11,15H2,1-4H3,(H,16,17). The van der Waals surface area contributed by atoms with Crippen LogP contribution in [0.15, 0.2) is 0 Å². The van der Waals surface area contributed by atoms with Crippen molar-refractivity contribution in [2.45, 2.75) is 72.3 Å². The Kier molecular flexibility index (Phi) is 8.23. The Morgan fingerprint density at radius 3 is 2.18 bits per heavy atom. The highest BCUT2D eigenvalue weighted by atomic mass is 16.2. The summed E-state index contributed by atoms with van der Waals surface area (Å²) in [7, 11) is 0. The number of rotatable bonds is 8. The molecule has 0 radical (unpaired) electrons. The van der Waals surface area contributed by atoms with E-state index in [4.69, 9.17) is 5.73 Å². The topological polar surface area (TPSA) is 55.1 Å². The van der Waals surface area contributed by atoms with Gasteiger partial charge in [-0.3, -0.25) is 4.79 Å². The van der Waals surface area contributed by atoms with Crippen LogP contribution in [0.4, 0.5) is 0 Å². The molecular weight excluding hydrogens is 212 g/mol. The lowest BCUT2D eigenvalue weighted by Gasteiger charge is -2.25. The normalized spacial score (nSPS) is 13.5. The second-order valence-electron chi connectivity index (χ2n) is 5.90. The highest BCUT2D eigenvalue weighted by molar-refractivity contribution is 5.82. The lowest BCUT2D eigenvalue weighted by Crippen LogP contribution is -2.48. The first-order chi connectivity index (χ1) is 7.89. The van der Waals surface area contributed by atoms with E-state index in [-0.39, 0.29) is 11.3 Å². The van der Waals surface area contributed by atoms with Gasteiger partial charge in [-0.2, -0.15) is 0 Å². The highest BCUT2D eigenvalue weighted by Crippen LogP contribution is 2.17. The molecule has 0 heterocycles. The fraction of sp³-hybridized carbons (Fsp3) is 0.929. The van der Waals surface area contributed by atoms with E-state index >= 15 is 0 Å². The van der Waals surface area contributed by atoms with Gasteiger partial charge < -0.3 is 11.1 Å². The van der Waals surface area contributed by atoms with E-state index in [1.165, 1.54) is 32.1 Å². The number of hydrogen-bond acceptors (Lipinski definition) is 2. The maximum Gasteiger partial charge on any atom is 0.237 e. The van der Waals surface area contributed by atoms with Crippen LogP contribution in [0.3, 0.4) is 0 Å². The van der Waals surface area contributed by atoms with Gasteiger partial charge in [-0.25, -0.2) is 0 Å². The van der Waals surface area contributed by atoms with Gasteiger partial charge in [-0.05, 0) is 11.8 Å². The molecule has 1 amide bonds. The van der Waals surface area contributed by atoms with E-state index in [0.717, 1.165) is 13.0 Å². The fourth-order valence-corrected chi connectivity index (χ4v) is 1.62. The molecule has 3 heteroatoms. The van der Waals surface area contributed by atoms with E-state index < -0.39 is 6.04 Å². The van der Waals surface area contributed by atoms with Crippen LogP contribution in [0.1, 0.15) is 66.2 Å². The van der Waals surface area contributed by atoms with E-state index in [2.05, 4.69) is 12.2 Å². The maximum atomic E-state index is 11.7. The molecule has 0 rings (SSSR count). The van der Waals surface area contributed by atoms with Gasteiger partial charge in [-0.1, -0.05) is 59.8 Å². The smallest absolute Gasteiger partial charge is 0.237 e. The first-order valence-corrected chi connectivity index (χ1v) is 6.93. The monoisotopic (exact) mass is 242 g/mol. The molecule has 3 N–H and O–H groups in total. The summed E-state index contributed by atoms with van der Waals surface area (Å²) in [6.07, 6.45) is 7.44. The molecule has 0 aromatic heterocycles. The van der Waals surface area contributed by atoms with Crippen molar-refractivity contribution in [3.63, 3.8) is 0 Å². The predicted octanol–water partition coefficient (Wildman–Crippen LogP) is 2.84. The zero-order valence-corrected chi connectivity index (χ0v) is 12.0. The van der Waals surface area contributed by atoms with Crippen molar-refractivity contribution in [2.24, 2.45) is 11.1 Å². The van der Waals surface area contributed by atoms with Crippen molar-refractivity contribution in [2.75, 3.05) is 6.54 Å². The average molecular weight is 242 g/mol. The van der Waals surface area contributed by atoms with Crippen LogP contribution < -0.4 is 11.1 Å². The van der Waals surface area contributed by atoms with Crippen LogP contribution >= 0.6 is 0 Å². The molecule has 0 aromatic rings. The Labute approximate surface area is 107 Å². The van der Waals surface area contributed by atoms with Crippen LogP contribution in [0.2, 0.25) is 0 Å². The second kappa shape index (κ2) is 8.51. The summed E-state index contributed by atoms with van der Waals surface area (Å²) in [6.45, 7) is 8.94. The first-order valence-electron chi connectivity index (χ1n) is 6.93. The Morgan fingerprint density at radius 2 is 1.65 bits per heavy atom. The maximum absolute atomic E-state index is 11.7. The van der Waals surface area contributed by atoms with E-state index in [9.17, 15) is 4.79 Å². The number of unbranched alkanes of at least 4 members (excludes halogenated alkanes) is 5. The second-order valence-corrected chi connectivity index (χ2v) is 5.90. The van der Waals surface area contributed by atoms with E-state index in [1.807, 2.05) is 20.8 Å². The molecule has 0 fully saturated rings. The van der Waals surface area contributed by atoms with E-state index in [1.54, 1.807) is 0 Å². The van der Waals surface area contributed by atoms with Crippen molar-refractivity contribution < 1.29 is 4.79 Å². The van der Waals surface area contributed by atoms with Gasteiger partial charge in [0.2, 0.25) is 5.91 Å². The molecule has 1 atom stereocenters. The van der Waals surface area contributed by atoms with Gasteiger partial charge in [-0.15, -0.1) is 0 Å². The first kappa shape index (κ1) is 16.4. The fourth-order valence-electron chi connectivity index (χ4n) is 1.62. The van der Waals surface area contributed by atoms with Crippen molar-refractivity contribution in [3.05, 3.63) is 0 Å². The minimum atomic E-state index is -0.414. The molecule has 0 aliphatic carbocycles. The molecule has 17 heavy (non-hydrogen) atoms. The summed E-state index contributed by atoms with van der Waals surface area (Å²) in [6, 6.07) is -0.414. The molecule has 0 saturated carbocycles. The number of carbonyl (C=O) groups is 1. The number of nitrogens with two attached hydrogens (primary N) is 1. The minimum Gasteiger partial charge on any atom is -0.355 e. The van der Waals surface area contributed by atoms with Gasteiger partial charge in [0, 0.05) is 6.54 Å². The molecular formula is C14H30N2O. The molecule has 1 unspecified atom stereocenters. The molecule has 0 aliphatic heterocycles. The van der Waals surface area contributed by atoms with Crippen molar-refractivity contribution in [3.8, 4) is 0 Å². The average Bonchev–Trinajstić information content (AvgIpc) is 2.25. The lowest BCUT2D eigenvalue weighted by molar-refractivity contribution is -0.124. The zero-order chi connectivity index (χ0) is 13.3. The number of amides is 1. The number of carbonyl (C=O) groups excluding carboxylic acids is 1. The molecule has 0 bridgehead atoms. The summed E-state index contributed by atoms with van der Waals surface area (Å²) in [4.78, 5) is 11.7. The molecule has 0 aliphatic rings. The van der Waals surface area contributed by atoms with Crippen LogP contribution in [0.5, 0.6) is 0 Å². The summed E-state index contributed by atoms with van der Waals surface area (Å²) < 4.78 is 0. The third kappa shape index (κ3) is 8.19. The van der Waals surface area contributed by atoms with Gasteiger partial charge in [0.05, 0.1) is 6.04 Å². The Balaban J connectivity index is 3.52. The summed E-state index contributed by atoms with van der Waals surface area (Å²) in [5, 5.41) is 2.92. The van der Waals surface area contributed by atoms with Gasteiger partial charge in [0.1, 0.15) is 0 Å². The Bertz CT molecular complexity index is 209. The SMILES string of the molecule is CCCCCCCCNC(=O)C(N)C(C)(C)C. The van der Waals surface area contributed by atoms with Crippen molar-refractivity contribution in [1.29, 1.82) is 0 Å². The number of hydrogen-bond donors (Lipinski definition) is 2. The van der Waals surface area contributed by atoms with Crippen molar-refractivity contribution in [1.82, 2.24) is 5.32 Å². The number of nitrogens with one attached hydrogen (secondary N) is 1. The Morgan fingerprint density at radius 1 is 1.12 bits per heavy atom. The summed E-state index contributed by atoms with van der Waals surface area (Å²) >= 11 is 0. The van der Waals surface area contributed by atoms with Crippen LogP contribution in [0, 0.1) is 5.41 Å².